The summed E-state index contributed by atoms with van der Waals surface area (Å²) in [6.45, 7) is 1.81. The Morgan fingerprint density at radius 1 is 0.900 bits per heavy atom. The number of nitrogens with two attached hydrogens (primary N) is 1. The van der Waals surface area contributed by atoms with E-state index in [0.717, 1.165) is 32.1 Å². The Labute approximate surface area is 122 Å². The molecule has 0 bridgehead atoms. The van der Waals surface area contributed by atoms with Crippen LogP contribution >= 0.6 is 0 Å². The number of nitrogens with zero attached hydrogens (tertiary/aromatic N) is 2. The molecule has 2 saturated heterocycles. The summed E-state index contributed by atoms with van der Waals surface area (Å²) >= 11 is 0. The standard InChI is InChI=1S/C14H27N3O2S/c15-11-13-6-3-4-9-16(13)20(18,19)17-10-8-12-5-1-2-7-14(12)17/h12-14H,1-11,15H2. The average Bonchev–Trinajstić information content (AvgIpc) is 2.92. The second-order valence-electron chi connectivity index (χ2n) is 6.52. The first kappa shape index (κ1) is 14.8. The van der Waals surface area contributed by atoms with E-state index >= 15 is 0 Å². The van der Waals surface area contributed by atoms with E-state index in [1.54, 1.807) is 4.31 Å². The molecule has 0 radical (unpaired) electrons. The monoisotopic (exact) mass is 301 g/mol. The predicted octanol–water partition coefficient (Wildman–Crippen LogP) is 1.31. The lowest BCUT2D eigenvalue weighted by Crippen LogP contribution is -2.54. The summed E-state index contributed by atoms with van der Waals surface area (Å²) in [5, 5.41) is 0. The van der Waals surface area contributed by atoms with Crippen molar-refractivity contribution in [1.82, 2.24) is 8.61 Å². The van der Waals surface area contributed by atoms with Gasteiger partial charge in [0.2, 0.25) is 0 Å². The maximum Gasteiger partial charge on any atom is 0.282 e. The Morgan fingerprint density at radius 3 is 2.45 bits per heavy atom. The summed E-state index contributed by atoms with van der Waals surface area (Å²) in [6.07, 6.45) is 8.72. The lowest BCUT2D eigenvalue weighted by atomic mass is 9.86. The molecule has 3 fully saturated rings. The van der Waals surface area contributed by atoms with E-state index in [1.807, 2.05) is 4.31 Å². The van der Waals surface area contributed by atoms with Crippen molar-refractivity contribution in [3.8, 4) is 0 Å². The van der Waals surface area contributed by atoms with Crippen LogP contribution < -0.4 is 5.73 Å². The fourth-order valence-corrected chi connectivity index (χ4v) is 6.45. The molecule has 5 nitrogen and oxygen atoms in total. The van der Waals surface area contributed by atoms with Gasteiger partial charge in [-0.1, -0.05) is 19.3 Å². The van der Waals surface area contributed by atoms with Gasteiger partial charge in [-0.05, 0) is 38.0 Å². The average molecular weight is 301 g/mol. The molecule has 2 heterocycles. The topological polar surface area (TPSA) is 66.6 Å². The SMILES string of the molecule is NCC1CCCCN1S(=O)(=O)N1CCC2CCCCC21. The molecule has 6 heteroatoms. The number of rotatable bonds is 3. The molecule has 3 unspecified atom stereocenters. The fourth-order valence-electron chi connectivity index (χ4n) is 4.30. The molecule has 1 aliphatic carbocycles. The highest BCUT2D eigenvalue weighted by atomic mass is 32.2. The van der Waals surface area contributed by atoms with Gasteiger partial charge in [-0.15, -0.1) is 0 Å². The van der Waals surface area contributed by atoms with E-state index in [9.17, 15) is 8.42 Å². The van der Waals surface area contributed by atoms with Crippen molar-refractivity contribution in [1.29, 1.82) is 0 Å². The maximum absolute atomic E-state index is 13.0. The Hall–Kier alpha value is -0.170. The molecule has 0 aromatic carbocycles. The number of fused-ring (bicyclic) bond motifs is 1. The van der Waals surface area contributed by atoms with Gasteiger partial charge in [-0.3, -0.25) is 0 Å². The molecular formula is C14H27N3O2S. The molecular weight excluding hydrogens is 274 g/mol. The zero-order valence-electron chi connectivity index (χ0n) is 12.2. The molecule has 0 spiro atoms. The summed E-state index contributed by atoms with van der Waals surface area (Å²) in [5.74, 6) is 0.597. The maximum atomic E-state index is 13.0. The van der Waals surface area contributed by atoms with Crippen LogP contribution in [0.3, 0.4) is 0 Å². The van der Waals surface area contributed by atoms with E-state index in [0.29, 0.717) is 25.6 Å². The smallest absolute Gasteiger partial charge is 0.282 e. The van der Waals surface area contributed by atoms with Crippen LogP contribution in [0.5, 0.6) is 0 Å². The molecule has 0 aromatic heterocycles. The highest BCUT2D eigenvalue weighted by Gasteiger charge is 2.45. The van der Waals surface area contributed by atoms with Crippen LogP contribution in [0.15, 0.2) is 0 Å². The number of hydrogen-bond acceptors (Lipinski definition) is 3. The summed E-state index contributed by atoms with van der Waals surface area (Å²) in [7, 11) is -3.31. The molecule has 2 aliphatic heterocycles. The molecule has 3 aliphatic rings. The van der Waals surface area contributed by atoms with Gasteiger partial charge in [0.15, 0.2) is 0 Å². The largest absolute Gasteiger partial charge is 0.329 e. The summed E-state index contributed by atoms with van der Waals surface area (Å²) in [4.78, 5) is 0. The third-order valence-corrected chi connectivity index (χ3v) is 7.52. The van der Waals surface area contributed by atoms with E-state index in [1.165, 1.54) is 19.3 Å². The molecule has 116 valence electrons. The first-order valence-electron chi connectivity index (χ1n) is 8.13. The van der Waals surface area contributed by atoms with Crippen LogP contribution in [0, 0.1) is 5.92 Å². The predicted molar refractivity (Wildman–Crippen MR) is 79.4 cm³/mol. The van der Waals surface area contributed by atoms with Crippen molar-refractivity contribution in [3.05, 3.63) is 0 Å². The minimum absolute atomic E-state index is 0.0105. The second-order valence-corrected chi connectivity index (χ2v) is 8.35. The minimum atomic E-state index is -3.31. The molecule has 3 rings (SSSR count). The van der Waals surface area contributed by atoms with E-state index < -0.39 is 10.2 Å². The summed E-state index contributed by atoms with van der Waals surface area (Å²) < 4.78 is 29.5. The van der Waals surface area contributed by atoms with E-state index in [4.69, 9.17) is 5.73 Å². The van der Waals surface area contributed by atoms with Gasteiger partial charge in [0, 0.05) is 31.7 Å². The van der Waals surface area contributed by atoms with Gasteiger partial charge < -0.3 is 5.73 Å². The molecule has 20 heavy (non-hydrogen) atoms. The van der Waals surface area contributed by atoms with Gasteiger partial charge in [0.05, 0.1) is 0 Å². The zero-order valence-corrected chi connectivity index (χ0v) is 13.0. The van der Waals surface area contributed by atoms with Gasteiger partial charge >= 0.3 is 0 Å². The molecule has 0 aromatic rings. The fraction of sp³-hybridized carbons (Fsp3) is 1.00. The van der Waals surface area contributed by atoms with Crippen molar-refractivity contribution in [2.45, 2.75) is 63.5 Å². The Balaban J connectivity index is 1.80. The zero-order chi connectivity index (χ0) is 14.2. The molecule has 1 saturated carbocycles. The highest BCUT2D eigenvalue weighted by Crippen LogP contribution is 2.39. The van der Waals surface area contributed by atoms with Crippen molar-refractivity contribution in [3.63, 3.8) is 0 Å². The highest BCUT2D eigenvalue weighted by molar-refractivity contribution is 7.86. The van der Waals surface area contributed by atoms with Crippen LogP contribution in [0.4, 0.5) is 0 Å². The van der Waals surface area contributed by atoms with Gasteiger partial charge in [0.25, 0.3) is 10.2 Å². The molecule has 0 amide bonds. The van der Waals surface area contributed by atoms with Crippen LogP contribution in [-0.4, -0.2) is 48.7 Å². The Bertz CT molecular complexity index is 440. The normalized spacial score (nSPS) is 37.0. The third-order valence-electron chi connectivity index (χ3n) is 5.40. The first-order valence-corrected chi connectivity index (χ1v) is 9.53. The lowest BCUT2D eigenvalue weighted by Gasteiger charge is -2.39. The van der Waals surface area contributed by atoms with Crippen LogP contribution in [0.2, 0.25) is 0 Å². The van der Waals surface area contributed by atoms with Crippen molar-refractivity contribution < 1.29 is 8.42 Å². The van der Waals surface area contributed by atoms with Crippen LogP contribution in [-0.2, 0) is 10.2 Å². The second kappa shape index (κ2) is 5.91. The lowest BCUT2D eigenvalue weighted by molar-refractivity contribution is 0.211. The quantitative estimate of drug-likeness (QED) is 0.854. The number of piperidine rings is 1. The van der Waals surface area contributed by atoms with Crippen molar-refractivity contribution in [2.75, 3.05) is 19.6 Å². The van der Waals surface area contributed by atoms with Crippen molar-refractivity contribution >= 4 is 10.2 Å². The molecule has 2 N–H and O–H groups in total. The van der Waals surface area contributed by atoms with E-state index in [2.05, 4.69) is 0 Å². The number of hydrogen-bond donors (Lipinski definition) is 1. The van der Waals surface area contributed by atoms with Gasteiger partial charge in [-0.25, -0.2) is 0 Å². The van der Waals surface area contributed by atoms with Gasteiger partial charge in [-0.2, -0.15) is 17.0 Å². The Kier molecular flexibility index (Phi) is 4.36. The third kappa shape index (κ3) is 2.51. The van der Waals surface area contributed by atoms with Crippen LogP contribution in [0.25, 0.3) is 0 Å². The Morgan fingerprint density at radius 2 is 1.65 bits per heavy atom. The minimum Gasteiger partial charge on any atom is -0.329 e. The molecule has 3 atom stereocenters. The first-order chi connectivity index (χ1) is 9.64. The summed E-state index contributed by atoms with van der Waals surface area (Å²) in [6, 6.07) is 0.269. The van der Waals surface area contributed by atoms with E-state index in [-0.39, 0.29) is 12.1 Å². The van der Waals surface area contributed by atoms with Gasteiger partial charge in [0.1, 0.15) is 0 Å². The summed E-state index contributed by atoms with van der Waals surface area (Å²) in [5.41, 5.74) is 5.80. The van der Waals surface area contributed by atoms with Crippen molar-refractivity contribution in [2.24, 2.45) is 11.7 Å². The van der Waals surface area contributed by atoms with Crippen LogP contribution in [0.1, 0.15) is 51.4 Å².